The molecular formula is C20H15F6N3O5S2. The van der Waals surface area contributed by atoms with Crippen molar-refractivity contribution in [2.75, 3.05) is 22.8 Å². The van der Waals surface area contributed by atoms with Crippen molar-refractivity contribution in [3.05, 3.63) is 59.6 Å². The Labute approximate surface area is 203 Å². The van der Waals surface area contributed by atoms with Crippen LogP contribution in [0.5, 0.6) is 5.75 Å². The van der Waals surface area contributed by atoms with Crippen LogP contribution in [0.4, 0.5) is 42.8 Å². The van der Waals surface area contributed by atoms with Gasteiger partial charge in [0, 0.05) is 23.3 Å². The Morgan fingerprint density at radius 1 is 1.11 bits per heavy atom. The second kappa shape index (κ2) is 10.2. The van der Waals surface area contributed by atoms with Crippen LogP contribution in [0.1, 0.15) is 5.56 Å². The highest BCUT2D eigenvalue weighted by Crippen LogP contribution is 2.40. The molecule has 8 nitrogen and oxygen atoms in total. The van der Waals surface area contributed by atoms with Gasteiger partial charge in [-0.1, -0.05) is 6.07 Å². The minimum atomic E-state index is -5.08. The SMILES string of the molecule is O=C(O)C(F)(F)F.O=S(=O)(Nc1nccs1)c1ccc2c(c1)OCCN2c1cccc(C(F)(F)F)c1. The largest absolute Gasteiger partial charge is 0.490 e. The molecule has 194 valence electrons. The number of ether oxygens (including phenoxy) is 1. The second-order valence-corrected chi connectivity index (χ2v) is 9.50. The fourth-order valence-corrected chi connectivity index (χ4v) is 4.74. The summed E-state index contributed by atoms with van der Waals surface area (Å²) < 4.78 is 104. The first-order chi connectivity index (χ1) is 16.7. The molecule has 0 atom stereocenters. The molecule has 0 bridgehead atoms. The molecule has 36 heavy (non-hydrogen) atoms. The fourth-order valence-electron chi connectivity index (χ4n) is 2.93. The highest BCUT2D eigenvalue weighted by Gasteiger charge is 2.38. The van der Waals surface area contributed by atoms with Gasteiger partial charge in [0.15, 0.2) is 5.13 Å². The number of nitrogens with zero attached hydrogens (tertiary/aromatic N) is 2. The lowest BCUT2D eigenvalue weighted by atomic mass is 10.1. The van der Waals surface area contributed by atoms with E-state index in [1.807, 2.05) is 0 Å². The summed E-state index contributed by atoms with van der Waals surface area (Å²) in [6.07, 6.45) is -8.06. The van der Waals surface area contributed by atoms with Gasteiger partial charge in [-0.25, -0.2) is 18.2 Å². The van der Waals surface area contributed by atoms with Gasteiger partial charge in [-0.2, -0.15) is 26.3 Å². The van der Waals surface area contributed by atoms with Gasteiger partial charge < -0.3 is 14.7 Å². The van der Waals surface area contributed by atoms with E-state index in [2.05, 4.69) is 9.71 Å². The summed E-state index contributed by atoms with van der Waals surface area (Å²) in [5.41, 5.74) is 0.0829. The molecule has 1 aliphatic heterocycles. The number of hydrogen-bond donors (Lipinski definition) is 2. The summed E-state index contributed by atoms with van der Waals surface area (Å²) in [7, 11) is -3.87. The molecule has 1 aromatic heterocycles. The van der Waals surface area contributed by atoms with E-state index in [1.165, 1.54) is 30.5 Å². The van der Waals surface area contributed by atoms with Crippen LogP contribution in [0.25, 0.3) is 0 Å². The Hall–Kier alpha value is -3.53. The summed E-state index contributed by atoms with van der Waals surface area (Å²) in [6, 6.07) is 9.22. The van der Waals surface area contributed by atoms with E-state index >= 15 is 0 Å². The fraction of sp³-hybridized carbons (Fsp3) is 0.200. The number of carbonyl (C=O) groups is 1. The molecule has 2 heterocycles. The number of aliphatic carboxylic acids is 1. The third-order valence-electron chi connectivity index (χ3n) is 4.49. The van der Waals surface area contributed by atoms with Crippen LogP contribution in [-0.2, 0) is 21.0 Å². The molecule has 2 aromatic carbocycles. The number of aromatic nitrogens is 1. The number of rotatable bonds is 4. The molecule has 0 spiro atoms. The number of sulfonamides is 1. The number of anilines is 3. The molecule has 3 aromatic rings. The number of fused-ring (bicyclic) bond motifs is 1. The third kappa shape index (κ3) is 6.57. The van der Waals surface area contributed by atoms with Crippen molar-refractivity contribution in [1.29, 1.82) is 0 Å². The number of carboxylic acid groups (broad SMARTS) is 1. The number of hydrogen-bond acceptors (Lipinski definition) is 7. The van der Waals surface area contributed by atoms with Crippen LogP contribution in [0.15, 0.2) is 58.9 Å². The van der Waals surface area contributed by atoms with E-state index in [0.717, 1.165) is 23.5 Å². The lowest BCUT2D eigenvalue weighted by Crippen LogP contribution is -2.29. The lowest BCUT2D eigenvalue weighted by Gasteiger charge is -2.32. The predicted octanol–water partition coefficient (Wildman–Crippen LogP) is 5.13. The van der Waals surface area contributed by atoms with Crippen molar-refractivity contribution in [1.82, 2.24) is 4.98 Å². The molecule has 0 amide bonds. The number of carboxylic acids is 1. The first-order valence-corrected chi connectivity index (χ1v) is 12.0. The maximum atomic E-state index is 13.0. The number of nitrogens with one attached hydrogen (secondary N) is 1. The highest BCUT2D eigenvalue weighted by molar-refractivity contribution is 7.93. The highest BCUT2D eigenvalue weighted by atomic mass is 32.2. The van der Waals surface area contributed by atoms with E-state index in [1.54, 1.807) is 16.3 Å². The molecule has 4 rings (SSSR count). The van der Waals surface area contributed by atoms with Crippen molar-refractivity contribution < 1.29 is 49.4 Å². The first-order valence-electron chi connectivity index (χ1n) is 9.62. The van der Waals surface area contributed by atoms with Gasteiger partial charge in [0.1, 0.15) is 12.4 Å². The van der Waals surface area contributed by atoms with Crippen molar-refractivity contribution in [2.45, 2.75) is 17.2 Å². The van der Waals surface area contributed by atoms with E-state index in [9.17, 15) is 34.8 Å². The van der Waals surface area contributed by atoms with Crippen LogP contribution < -0.4 is 14.4 Å². The zero-order valence-corrected chi connectivity index (χ0v) is 19.3. The van der Waals surface area contributed by atoms with Gasteiger partial charge in [0.25, 0.3) is 10.0 Å². The van der Waals surface area contributed by atoms with Crippen molar-refractivity contribution >= 4 is 43.8 Å². The average molecular weight is 555 g/mol. The molecule has 0 saturated carbocycles. The van der Waals surface area contributed by atoms with Gasteiger partial charge in [0.05, 0.1) is 22.7 Å². The molecule has 0 aliphatic carbocycles. The monoisotopic (exact) mass is 555 g/mol. The second-order valence-electron chi connectivity index (χ2n) is 6.92. The smallest absolute Gasteiger partial charge is 0.489 e. The van der Waals surface area contributed by atoms with Crippen LogP contribution in [0.2, 0.25) is 0 Å². The minimum absolute atomic E-state index is 0.0302. The quantitative estimate of drug-likeness (QED) is 0.430. The zero-order chi connectivity index (χ0) is 26.7. The molecule has 16 heteroatoms. The number of thiazole rings is 1. The third-order valence-corrected chi connectivity index (χ3v) is 6.64. The minimum Gasteiger partial charge on any atom is -0.489 e. The Kier molecular flexibility index (Phi) is 7.68. The summed E-state index contributed by atoms with van der Waals surface area (Å²) in [5, 5.41) is 9.00. The topological polar surface area (TPSA) is 109 Å². The molecule has 1 aliphatic rings. The van der Waals surface area contributed by atoms with Crippen molar-refractivity contribution in [3.8, 4) is 5.75 Å². The number of halogens is 6. The summed E-state index contributed by atoms with van der Waals surface area (Å²) in [5.74, 6) is -2.48. The standard InChI is InChI=1S/C18H14F3N3O3S2.C2HF3O2/c19-18(20,21)12-2-1-3-13(10-12)24-7-8-27-16-11-14(4-5-15(16)24)29(25,26)23-17-22-6-9-28-17;3-2(4,5)1(6)7/h1-6,9-11H,7-8H2,(H,22,23);(H,6,7). The maximum absolute atomic E-state index is 13.0. The lowest BCUT2D eigenvalue weighted by molar-refractivity contribution is -0.192. The Balaban J connectivity index is 0.000000454. The Morgan fingerprint density at radius 3 is 2.39 bits per heavy atom. The van der Waals surface area contributed by atoms with Gasteiger partial charge >= 0.3 is 18.3 Å². The van der Waals surface area contributed by atoms with Crippen molar-refractivity contribution in [2.24, 2.45) is 0 Å². The van der Waals surface area contributed by atoms with Gasteiger partial charge in [-0.15, -0.1) is 11.3 Å². The van der Waals surface area contributed by atoms with E-state index in [4.69, 9.17) is 14.6 Å². The zero-order valence-electron chi connectivity index (χ0n) is 17.7. The molecular weight excluding hydrogens is 540 g/mol. The summed E-state index contributed by atoms with van der Waals surface area (Å²) in [4.78, 5) is 14.4. The molecule has 0 unspecified atom stereocenters. The number of benzene rings is 2. The number of alkyl halides is 6. The van der Waals surface area contributed by atoms with Crippen LogP contribution >= 0.6 is 11.3 Å². The van der Waals surface area contributed by atoms with Crippen LogP contribution in [0.3, 0.4) is 0 Å². The average Bonchev–Trinajstić information content (AvgIpc) is 3.30. The predicted molar refractivity (Wildman–Crippen MR) is 117 cm³/mol. The van der Waals surface area contributed by atoms with E-state index in [-0.39, 0.29) is 22.4 Å². The van der Waals surface area contributed by atoms with E-state index in [0.29, 0.717) is 17.9 Å². The maximum Gasteiger partial charge on any atom is 0.490 e. The molecule has 0 fully saturated rings. The Morgan fingerprint density at radius 2 is 1.81 bits per heavy atom. The summed E-state index contributed by atoms with van der Waals surface area (Å²) in [6.45, 7) is 0.532. The van der Waals surface area contributed by atoms with Crippen LogP contribution in [-0.4, -0.2) is 43.8 Å². The Bertz CT molecular complexity index is 1330. The van der Waals surface area contributed by atoms with E-state index < -0.39 is 33.9 Å². The van der Waals surface area contributed by atoms with Gasteiger partial charge in [-0.3, -0.25) is 4.72 Å². The van der Waals surface area contributed by atoms with Gasteiger partial charge in [0.2, 0.25) is 0 Å². The van der Waals surface area contributed by atoms with Crippen LogP contribution in [0, 0.1) is 0 Å². The normalized spacial score (nSPS) is 13.7. The first kappa shape index (κ1) is 27.1. The molecule has 2 N–H and O–H groups in total. The molecule has 0 radical (unpaired) electrons. The summed E-state index contributed by atoms with van der Waals surface area (Å²) >= 11 is 1.14. The molecule has 0 saturated heterocycles. The van der Waals surface area contributed by atoms with Gasteiger partial charge in [-0.05, 0) is 30.3 Å². The van der Waals surface area contributed by atoms with Crippen molar-refractivity contribution in [3.63, 3.8) is 0 Å².